The van der Waals surface area contributed by atoms with Crippen LogP contribution in [0.1, 0.15) is 25.3 Å². The molecule has 3 nitrogen and oxygen atoms in total. The van der Waals surface area contributed by atoms with Gasteiger partial charge in [-0.05, 0) is 66.9 Å². The van der Waals surface area contributed by atoms with Gasteiger partial charge in [0.1, 0.15) is 0 Å². The van der Waals surface area contributed by atoms with Crippen LogP contribution in [0.3, 0.4) is 0 Å². The maximum atomic E-state index is 12.9. The van der Waals surface area contributed by atoms with Crippen LogP contribution in [0.4, 0.5) is 18.9 Å². The van der Waals surface area contributed by atoms with Crippen molar-refractivity contribution in [3.8, 4) is 0 Å². The van der Waals surface area contributed by atoms with E-state index in [9.17, 15) is 18.0 Å². The first kappa shape index (κ1) is 18.3. The van der Waals surface area contributed by atoms with E-state index in [0.29, 0.717) is 18.7 Å². The van der Waals surface area contributed by atoms with E-state index in [1.165, 1.54) is 0 Å². The molecule has 1 saturated heterocycles. The number of alkyl halides is 3. The number of aryl methyl sites for hydroxylation is 1. The number of benzene rings is 1. The summed E-state index contributed by atoms with van der Waals surface area (Å²) in [5, 5.41) is 2.78. The maximum absolute atomic E-state index is 12.9. The zero-order valence-corrected chi connectivity index (χ0v) is 14.7. The van der Waals surface area contributed by atoms with Gasteiger partial charge in [-0.15, -0.1) is 0 Å². The number of carbonyl (C=O) groups is 1. The quantitative estimate of drug-likeness (QED) is 0.828. The lowest BCUT2D eigenvalue weighted by atomic mass is 9.96. The number of nitrogens with zero attached hydrogens (tertiary/aromatic N) is 1. The molecule has 7 heteroatoms. The second kappa shape index (κ2) is 7.21. The Bertz CT molecular complexity index is 577. The van der Waals surface area contributed by atoms with Gasteiger partial charge in [-0.1, -0.05) is 6.07 Å². The molecule has 23 heavy (non-hydrogen) atoms. The van der Waals surface area contributed by atoms with Crippen molar-refractivity contribution in [2.45, 2.75) is 38.9 Å². The molecule has 128 valence electrons. The standard InChI is InChI=1S/C16H20BrF3N2O/c1-10-5-6-14(13(17)8-10)21-15(23)11(2)22-7-3-4-12(9-22)16(18,19)20/h5-6,8,11-12H,3-4,7,9H2,1-2H3,(H,21,23)/t11-,12-/m1/s1. The molecule has 0 unspecified atom stereocenters. The second-order valence-electron chi connectivity index (χ2n) is 6.02. The number of hydrogen-bond donors (Lipinski definition) is 1. The average molecular weight is 393 g/mol. The second-order valence-corrected chi connectivity index (χ2v) is 6.88. The molecule has 2 rings (SSSR count). The fourth-order valence-corrected chi connectivity index (χ4v) is 3.34. The molecule has 1 heterocycles. The number of rotatable bonds is 3. The van der Waals surface area contributed by atoms with Gasteiger partial charge in [0.2, 0.25) is 5.91 Å². The van der Waals surface area contributed by atoms with Crippen LogP contribution in [-0.2, 0) is 4.79 Å². The molecule has 1 N–H and O–H groups in total. The van der Waals surface area contributed by atoms with Gasteiger partial charge in [0.05, 0.1) is 17.6 Å². The minimum atomic E-state index is -4.20. The van der Waals surface area contributed by atoms with Crippen molar-refractivity contribution in [1.82, 2.24) is 4.90 Å². The lowest BCUT2D eigenvalue weighted by molar-refractivity contribution is -0.188. The topological polar surface area (TPSA) is 32.3 Å². The Balaban J connectivity index is 2.01. The zero-order chi connectivity index (χ0) is 17.2. The fourth-order valence-electron chi connectivity index (χ4n) is 2.75. The highest BCUT2D eigenvalue weighted by Crippen LogP contribution is 2.34. The lowest BCUT2D eigenvalue weighted by Crippen LogP contribution is -2.49. The van der Waals surface area contributed by atoms with Gasteiger partial charge < -0.3 is 5.32 Å². The van der Waals surface area contributed by atoms with E-state index in [1.807, 2.05) is 19.1 Å². The molecule has 0 aliphatic carbocycles. The first-order valence-corrected chi connectivity index (χ1v) is 8.35. The van der Waals surface area contributed by atoms with E-state index in [4.69, 9.17) is 0 Å². The Labute approximate surface area is 142 Å². The van der Waals surface area contributed by atoms with E-state index < -0.39 is 18.1 Å². The summed E-state index contributed by atoms with van der Waals surface area (Å²) in [7, 11) is 0. The summed E-state index contributed by atoms with van der Waals surface area (Å²) in [5.41, 5.74) is 1.67. The summed E-state index contributed by atoms with van der Waals surface area (Å²) >= 11 is 3.38. The molecule has 0 bridgehead atoms. The van der Waals surface area contributed by atoms with Crippen LogP contribution >= 0.6 is 15.9 Å². The third kappa shape index (κ3) is 4.70. The molecule has 0 spiro atoms. The van der Waals surface area contributed by atoms with Crippen LogP contribution < -0.4 is 5.32 Å². The molecular formula is C16H20BrF3N2O. The average Bonchev–Trinajstić information content (AvgIpc) is 2.48. The number of likely N-dealkylation sites (tertiary alicyclic amines) is 1. The summed E-state index contributed by atoms with van der Waals surface area (Å²) in [6.07, 6.45) is -3.61. The van der Waals surface area contributed by atoms with E-state index in [2.05, 4.69) is 21.2 Å². The SMILES string of the molecule is Cc1ccc(NC(=O)[C@@H](C)N2CCC[C@@H](C(F)(F)F)C2)c(Br)c1. The number of carbonyl (C=O) groups excluding carboxylic acids is 1. The number of piperidine rings is 1. The van der Waals surface area contributed by atoms with Gasteiger partial charge >= 0.3 is 6.18 Å². The Hall–Kier alpha value is -1.08. The lowest BCUT2D eigenvalue weighted by Gasteiger charge is -2.36. The predicted molar refractivity (Wildman–Crippen MR) is 87.3 cm³/mol. The number of amides is 1. The number of halogens is 4. The molecule has 1 aromatic rings. The molecule has 0 aromatic heterocycles. The first-order valence-electron chi connectivity index (χ1n) is 7.56. The highest BCUT2D eigenvalue weighted by atomic mass is 79.9. The molecule has 0 radical (unpaired) electrons. The molecule has 1 amide bonds. The van der Waals surface area contributed by atoms with Gasteiger partial charge in [-0.3, -0.25) is 9.69 Å². The molecule has 1 aliphatic heterocycles. The summed E-state index contributed by atoms with van der Waals surface area (Å²) < 4.78 is 39.4. The molecule has 0 saturated carbocycles. The van der Waals surface area contributed by atoms with Crippen molar-refractivity contribution in [2.75, 3.05) is 18.4 Å². The smallest absolute Gasteiger partial charge is 0.324 e. The summed E-state index contributed by atoms with van der Waals surface area (Å²) in [6, 6.07) is 4.92. The normalized spacial score (nSPS) is 21.0. The van der Waals surface area contributed by atoms with Crippen molar-refractivity contribution < 1.29 is 18.0 Å². The van der Waals surface area contributed by atoms with Crippen LogP contribution in [0.5, 0.6) is 0 Å². The monoisotopic (exact) mass is 392 g/mol. The van der Waals surface area contributed by atoms with Gasteiger partial charge in [-0.25, -0.2) is 0 Å². The maximum Gasteiger partial charge on any atom is 0.393 e. The fraction of sp³-hybridized carbons (Fsp3) is 0.562. The molecule has 1 fully saturated rings. The van der Waals surface area contributed by atoms with Crippen LogP contribution in [0.25, 0.3) is 0 Å². The van der Waals surface area contributed by atoms with E-state index >= 15 is 0 Å². The number of nitrogens with one attached hydrogen (secondary N) is 1. The zero-order valence-electron chi connectivity index (χ0n) is 13.1. The van der Waals surface area contributed by atoms with Gasteiger partial charge in [-0.2, -0.15) is 13.2 Å². The van der Waals surface area contributed by atoms with Crippen molar-refractivity contribution in [1.29, 1.82) is 0 Å². The summed E-state index contributed by atoms with van der Waals surface area (Å²) in [5.74, 6) is -1.64. The number of anilines is 1. The Morgan fingerprint density at radius 3 is 2.74 bits per heavy atom. The molecule has 1 aromatic carbocycles. The number of hydrogen-bond acceptors (Lipinski definition) is 2. The highest BCUT2D eigenvalue weighted by Gasteiger charge is 2.43. The predicted octanol–water partition coefficient (Wildman–Crippen LogP) is 4.36. The first-order chi connectivity index (χ1) is 10.7. The van der Waals surface area contributed by atoms with Gasteiger partial charge in [0.25, 0.3) is 0 Å². The van der Waals surface area contributed by atoms with Crippen LogP contribution in [0.15, 0.2) is 22.7 Å². The largest absolute Gasteiger partial charge is 0.393 e. The van der Waals surface area contributed by atoms with E-state index in [-0.39, 0.29) is 18.9 Å². The summed E-state index contributed by atoms with van der Waals surface area (Å²) in [4.78, 5) is 14.0. The summed E-state index contributed by atoms with van der Waals surface area (Å²) in [6.45, 7) is 3.98. The third-order valence-electron chi connectivity index (χ3n) is 4.23. The minimum Gasteiger partial charge on any atom is -0.324 e. The van der Waals surface area contributed by atoms with E-state index in [1.54, 1.807) is 17.9 Å². The third-order valence-corrected chi connectivity index (χ3v) is 4.88. The minimum absolute atomic E-state index is 0.118. The van der Waals surface area contributed by atoms with Crippen LogP contribution in [-0.4, -0.2) is 36.1 Å². The molecule has 2 atom stereocenters. The molecule has 1 aliphatic rings. The Kier molecular flexibility index (Phi) is 5.73. The van der Waals surface area contributed by atoms with Gasteiger partial charge in [0, 0.05) is 11.0 Å². The molecular weight excluding hydrogens is 373 g/mol. The highest BCUT2D eigenvalue weighted by molar-refractivity contribution is 9.10. The van der Waals surface area contributed by atoms with Crippen molar-refractivity contribution in [2.24, 2.45) is 5.92 Å². The van der Waals surface area contributed by atoms with Crippen molar-refractivity contribution in [3.05, 3.63) is 28.2 Å². The van der Waals surface area contributed by atoms with Crippen LogP contribution in [0, 0.1) is 12.8 Å². The van der Waals surface area contributed by atoms with Crippen molar-refractivity contribution >= 4 is 27.5 Å². The Morgan fingerprint density at radius 1 is 1.43 bits per heavy atom. The van der Waals surface area contributed by atoms with E-state index in [0.717, 1.165) is 10.0 Å². The van der Waals surface area contributed by atoms with Gasteiger partial charge in [0.15, 0.2) is 0 Å². The van der Waals surface area contributed by atoms with Crippen molar-refractivity contribution in [3.63, 3.8) is 0 Å². The Morgan fingerprint density at radius 2 is 2.13 bits per heavy atom. The van der Waals surface area contributed by atoms with Crippen LogP contribution in [0.2, 0.25) is 0 Å².